The maximum Gasteiger partial charge on any atom is 0.289 e. The lowest BCUT2D eigenvalue weighted by Crippen LogP contribution is -2.48. The number of amides is 1. The number of carbonyl (C=O) groups is 1. The third-order valence-corrected chi connectivity index (χ3v) is 5.16. The molecule has 152 valence electrons. The first-order valence-electron chi connectivity index (χ1n) is 9.41. The summed E-state index contributed by atoms with van der Waals surface area (Å²) in [7, 11) is 0. The van der Waals surface area contributed by atoms with Gasteiger partial charge in [0.25, 0.3) is 5.91 Å². The minimum Gasteiger partial charge on any atom is -0.494 e. The van der Waals surface area contributed by atoms with Crippen molar-refractivity contribution in [1.29, 1.82) is 0 Å². The molecule has 0 radical (unpaired) electrons. The number of halogens is 1. The van der Waals surface area contributed by atoms with Crippen LogP contribution in [0.5, 0.6) is 5.75 Å². The van der Waals surface area contributed by atoms with Crippen LogP contribution in [0.15, 0.2) is 45.5 Å². The first-order valence-corrected chi connectivity index (χ1v) is 10.2. The lowest BCUT2D eigenvalue weighted by atomic mass is 10.2. The van der Waals surface area contributed by atoms with Crippen molar-refractivity contribution in [2.75, 3.05) is 32.8 Å². The van der Waals surface area contributed by atoms with Crippen LogP contribution in [0, 0.1) is 0 Å². The molecule has 0 bridgehead atoms. The number of hydrogen-bond donors (Lipinski definition) is 0. The van der Waals surface area contributed by atoms with Crippen LogP contribution < -0.4 is 4.74 Å². The van der Waals surface area contributed by atoms with Gasteiger partial charge in [-0.25, -0.2) is 0 Å². The van der Waals surface area contributed by atoms with Gasteiger partial charge in [-0.1, -0.05) is 0 Å². The minimum atomic E-state index is -0.0884. The number of piperazine rings is 1. The van der Waals surface area contributed by atoms with Gasteiger partial charge in [0.1, 0.15) is 5.75 Å². The van der Waals surface area contributed by atoms with Gasteiger partial charge in [-0.2, -0.15) is 4.68 Å². The molecule has 2 aromatic heterocycles. The van der Waals surface area contributed by atoms with Gasteiger partial charge in [0.2, 0.25) is 0 Å². The molecule has 1 saturated heterocycles. The summed E-state index contributed by atoms with van der Waals surface area (Å²) in [5, 5.41) is 12.1. The van der Waals surface area contributed by atoms with Crippen molar-refractivity contribution in [2.45, 2.75) is 13.5 Å². The van der Waals surface area contributed by atoms with Crippen LogP contribution in [0.4, 0.5) is 0 Å². The van der Waals surface area contributed by atoms with Crippen LogP contribution in [0.3, 0.4) is 0 Å². The second-order valence-electron chi connectivity index (χ2n) is 6.61. The molecule has 0 saturated carbocycles. The van der Waals surface area contributed by atoms with Gasteiger partial charge >= 0.3 is 0 Å². The summed E-state index contributed by atoms with van der Waals surface area (Å²) in [5.41, 5.74) is 0.880. The molecule has 1 aliphatic rings. The van der Waals surface area contributed by atoms with Crippen molar-refractivity contribution >= 4 is 21.8 Å². The first kappa shape index (κ1) is 19.6. The van der Waals surface area contributed by atoms with Gasteiger partial charge in [-0.15, -0.1) is 5.10 Å². The molecular weight excluding hydrogens is 440 g/mol. The summed E-state index contributed by atoms with van der Waals surface area (Å²) in [6.07, 6.45) is 0. The number of benzene rings is 1. The molecule has 1 fully saturated rings. The van der Waals surface area contributed by atoms with E-state index in [9.17, 15) is 4.79 Å². The maximum absolute atomic E-state index is 12.5. The molecule has 9 nitrogen and oxygen atoms in total. The van der Waals surface area contributed by atoms with Crippen LogP contribution in [-0.4, -0.2) is 68.7 Å². The zero-order chi connectivity index (χ0) is 20.2. The molecule has 1 aromatic carbocycles. The average Bonchev–Trinajstić information content (AvgIpc) is 3.38. The largest absolute Gasteiger partial charge is 0.494 e. The Kier molecular flexibility index (Phi) is 5.91. The number of carbonyl (C=O) groups excluding carboxylic acids is 1. The van der Waals surface area contributed by atoms with Crippen LogP contribution in [0.25, 0.3) is 5.69 Å². The molecule has 29 heavy (non-hydrogen) atoms. The normalized spacial score (nSPS) is 14.9. The van der Waals surface area contributed by atoms with Crippen molar-refractivity contribution in [3.05, 3.63) is 52.7 Å². The van der Waals surface area contributed by atoms with Crippen LogP contribution in [0.2, 0.25) is 0 Å². The molecule has 4 rings (SSSR count). The Morgan fingerprint density at radius 1 is 1.14 bits per heavy atom. The molecule has 3 aromatic rings. The van der Waals surface area contributed by atoms with E-state index >= 15 is 0 Å². The van der Waals surface area contributed by atoms with E-state index in [0.717, 1.165) is 30.4 Å². The molecule has 3 heterocycles. The second kappa shape index (κ2) is 8.75. The van der Waals surface area contributed by atoms with E-state index in [1.54, 1.807) is 21.7 Å². The summed E-state index contributed by atoms with van der Waals surface area (Å²) in [4.78, 5) is 16.5. The highest BCUT2D eigenvalue weighted by Gasteiger charge is 2.25. The topological polar surface area (TPSA) is 89.5 Å². The van der Waals surface area contributed by atoms with Gasteiger partial charge in [-0.05, 0) is 69.7 Å². The molecule has 10 heteroatoms. The lowest BCUT2D eigenvalue weighted by molar-refractivity contribution is 0.0592. The number of nitrogens with zero attached hydrogens (tertiary/aromatic N) is 6. The predicted octanol–water partition coefficient (Wildman–Crippen LogP) is 2.37. The summed E-state index contributed by atoms with van der Waals surface area (Å²) in [5.74, 6) is 1.83. The van der Waals surface area contributed by atoms with E-state index in [4.69, 9.17) is 9.15 Å². The number of furan rings is 1. The second-order valence-corrected chi connectivity index (χ2v) is 7.39. The average molecular weight is 461 g/mol. The van der Waals surface area contributed by atoms with Crippen LogP contribution in [-0.2, 0) is 6.54 Å². The number of hydrogen-bond acceptors (Lipinski definition) is 7. The van der Waals surface area contributed by atoms with Crippen molar-refractivity contribution in [1.82, 2.24) is 30.0 Å². The SMILES string of the molecule is CCOc1ccc(-n2nnnc2CN2CCN(C(=O)c3ccc(Br)o3)CC2)cc1. The lowest BCUT2D eigenvalue weighted by Gasteiger charge is -2.33. The number of rotatable bonds is 6. The Morgan fingerprint density at radius 2 is 1.90 bits per heavy atom. The smallest absolute Gasteiger partial charge is 0.289 e. The number of ether oxygens (including phenoxy) is 1. The molecule has 1 aliphatic heterocycles. The third kappa shape index (κ3) is 4.48. The van der Waals surface area contributed by atoms with E-state index in [-0.39, 0.29) is 5.91 Å². The number of aromatic nitrogens is 4. The Hall–Kier alpha value is -2.72. The molecule has 0 N–H and O–H groups in total. The Bertz CT molecular complexity index is 962. The fraction of sp³-hybridized carbons (Fsp3) is 0.368. The fourth-order valence-corrected chi connectivity index (χ4v) is 3.56. The summed E-state index contributed by atoms with van der Waals surface area (Å²) >= 11 is 3.23. The van der Waals surface area contributed by atoms with Crippen molar-refractivity contribution in [3.63, 3.8) is 0 Å². The van der Waals surface area contributed by atoms with Crippen molar-refractivity contribution in [2.24, 2.45) is 0 Å². The van der Waals surface area contributed by atoms with Gasteiger partial charge < -0.3 is 14.1 Å². The molecular formula is C19H21BrN6O3. The maximum atomic E-state index is 12.5. The highest BCUT2D eigenvalue weighted by molar-refractivity contribution is 9.10. The summed E-state index contributed by atoms with van der Waals surface area (Å²) in [6.45, 7) is 5.92. The molecule has 1 amide bonds. The van der Waals surface area contributed by atoms with E-state index < -0.39 is 0 Å². The van der Waals surface area contributed by atoms with E-state index in [2.05, 4.69) is 36.4 Å². The van der Waals surface area contributed by atoms with Crippen molar-refractivity contribution < 1.29 is 13.9 Å². The quantitative estimate of drug-likeness (QED) is 0.557. The first-order chi connectivity index (χ1) is 14.1. The third-order valence-electron chi connectivity index (χ3n) is 4.73. The van der Waals surface area contributed by atoms with Crippen molar-refractivity contribution in [3.8, 4) is 11.4 Å². The van der Waals surface area contributed by atoms with Gasteiger partial charge in [0.15, 0.2) is 16.3 Å². The number of tetrazole rings is 1. The molecule has 0 unspecified atom stereocenters. The van der Waals surface area contributed by atoms with Crippen LogP contribution >= 0.6 is 15.9 Å². The molecule has 0 atom stereocenters. The van der Waals surface area contributed by atoms with Gasteiger partial charge in [0.05, 0.1) is 18.8 Å². The van der Waals surface area contributed by atoms with E-state index in [1.165, 1.54) is 0 Å². The molecule has 0 aliphatic carbocycles. The van der Waals surface area contributed by atoms with E-state index in [0.29, 0.717) is 36.7 Å². The minimum absolute atomic E-state index is 0.0884. The van der Waals surface area contributed by atoms with Gasteiger partial charge in [0, 0.05) is 26.2 Å². The van der Waals surface area contributed by atoms with Crippen LogP contribution in [0.1, 0.15) is 23.3 Å². The Balaban J connectivity index is 1.37. The zero-order valence-electron chi connectivity index (χ0n) is 16.0. The fourth-order valence-electron chi connectivity index (χ4n) is 3.25. The standard InChI is InChI=1S/C19H21BrN6O3/c1-2-28-15-5-3-14(4-6-15)26-18(21-22-23-26)13-24-9-11-25(12-10-24)19(27)16-7-8-17(20)29-16/h3-8H,2,9-13H2,1H3. The zero-order valence-corrected chi connectivity index (χ0v) is 17.6. The van der Waals surface area contributed by atoms with E-state index in [1.807, 2.05) is 31.2 Å². The summed E-state index contributed by atoms with van der Waals surface area (Å²) in [6, 6.07) is 11.1. The Labute approximate surface area is 176 Å². The highest BCUT2D eigenvalue weighted by Crippen LogP contribution is 2.18. The predicted molar refractivity (Wildman–Crippen MR) is 108 cm³/mol. The van der Waals surface area contributed by atoms with Gasteiger partial charge in [-0.3, -0.25) is 9.69 Å². The summed E-state index contributed by atoms with van der Waals surface area (Å²) < 4.78 is 13.1. The monoisotopic (exact) mass is 460 g/mol. The molecule has 0 spiro atoms. The highest BCUT2D eigenvalue weighted by atomic mass is 79.9. The Morgan fingerprint density at radius 3 is 2.55 bits per heavy atom.